The van der Waals surface area contributed by atoms with E-state index in [1.54, 1.807) is 6.08 Å². The van der Waals surface area contributed by atoms with Gasteiger partial charge in [-0.15, -0.1) is 0 Å². The van der Waals surface area contributed by atoms with E-state index in [1.165, 1.54) is 11.1 Å². The van der Waals surface area contributed by atoms with Gasteiger partial charge in [-0.2, -0.15) is 0 Å². The molecule has 0 unspecified atom stereocenters. The summed E-state index contributed by atoms with van der Waals surface area (Å²) in [6, 6.07) is 16.5. The van der Waals surface area contributed by atoms with E-state index in [2.05, 4.69) is 69.2 Å². The van der Waals surface area contributed by atoms with Crippen molar-refractivity contribution in [3.05, 3.63) is 72.3 Å². The maximum absolute atomic E-state index is 5.54. The average Bonchev–Trinajstić information content (AvgIpc) is 2.59. The van der Waals surface area contributed by atoms with Crippen LogP contribution in [0.4, 0.5) is 5.69 Å². The Bertz CT molecular complexity index is 747. The molecule has 2 rings (SSSR count). The van der Waals surface area contributed by atoms with Gasteiger partial charge in [-0.25, -0.2) is 0 Å². The molecule has 0 aliphatic rings. The smallest absolute Gasteiger partial charge is 0.171 e. The Morgan fingerprint density at radius 2 is 1.88 bits per heavy atom. The Morgan fingerprint density at radius 1 is 1.19 bits per heavy atom. The van der Waals surface area contributed by atoms with Crippen molar-refractivity contribution < 1.29 is 4.74 Å². The third-order valence-electron chi connectivity index (χ3n) is 4.08. The molecule has 4 heteroatoms. The Hall–Kier alpha value is -2.33. The number of hydrogen-bond acceptors (Lipinski definition) is 2. The summed E-state index contributed by atoms with van der Waals surface area (Å²) in [6.45, 7) is 12.9. The van der Waals surface area contributed by atoms with Gasteiger partial charge in [0.25, 0.3) is 0 Å². The summed E-state index contributed by atoms with van der Waals surface area (Å²) in [5, 5.41) is 7.12. The molecule has 0 bridgehead atoms. The van der Waals surface area contributed by atoms with E-state index in [0.717, 1.165) is 11.4 Å². The Labute approximate surface area is 162 Å². The van der Waals surface area contributed by atoms with E-state index in [0.29, 0.717) is 11.7 Å². The summed E-state index contributed by atoms with van der Waals surface area (Å²) in [4.78, 5) is 0. The fraction of sp³-hybridized carbons (Fsp3) is 0.318. The standard InChI is InChI=1S/C22H28N2OS/c1-6-14-25-20-9-7-8-19(15-20)24-21(26)23-16(2)17-10-12-18(13-11-17)22(3,4)5/h6-13,15-16H,1,14H2,2-5H3,(H2,23,24,26)/t16-/m1/s1. The molecule has 1 atom stereocenters. The van der Waals surface area contributed by atoms with Crippen molar-refractivity contribution in [3.8, 4) is 5.75 Å². The summed E-state index contributed by atoms with van der Waals surface area (Å²) in [5.41, 5.74) is 3.57. The van der Waals surface area contributed by atoms with Crippen LogP contribution in [0, 0.1) is 0 Å². The first-order chi connectivity index (χ1) is 12.3. The number of benzene rings is 2. The van der Waals surface area contributed by atoms with Crippen molar-refractivity contribution in [2.75, 3.05) is 11.9 Å². The van der Waals surface area contributed by atoms with Crippen molar-refractivity contribution in [2.45, 2.75) is 39.2 Å². The fourth-order valence-electron chi connectivity index (χ4n) is 2.54. The zero-order chi connectivity index (χ0) is 19.2. The maximum Gasteiger partial charge on any atom is 0.171 e. The molecule has 3 nitrogen and oxygen atoms in total. The lowest BCUT2D eigenvalue weighted by Crippen LogP contribution is -2.30. The monoisotopic (exact) mass is 368 g/mol. The third-order valence-corrected chi connectivity index (χ3v) is 4.30. The molecule has 0 heterocycles. The molecule has 0 fully saturated rings. The van der Waals surface area contributed by atoms with Gasteiger partial charge in [-0.1, -0.05) is 63.8 Å². The van der Waals surface area contributed by atoms with E-state index in [9.17, 15) is 0 Å². The normalized spacial score (nSPS) is 12.2. The predicted molar refractivity (Wildman–Crippen MR) is 115 cm³/mol. The van der Waals surface area contributed by atoms with Gasteiger partial charge >= 0.3 is 0 Å². The van der Waals surface area contributed by atoms with E-state index in [4.69, 9.17) is 17.0 Å². The van der Waals surface area contributed by atoms with Crippen LogP contribution in [0.15, 0.2) is 61.2 Å². The van der Waals surface area contributed by atoms with E-state index < -0.39 is 0 Å². The second kappa shape index (κ2) is 8.86. The number of anilines is 1. The minimum atomic E-state index is 0.115. The molecule has 2 aromatic rings. The summed E-state index contributed by atoms with van der Waals surface area (Å²) in [7, 11) is 0. The lowest BCUT2D eigenvalue weighted by atomic mass is 9.86. The van der Waals surface area contributed by atoms with Crippen LogP contribution >= 0.6 is 12.2 Å². The van der Waals surface area contributed by atoms with Crippen molar-refractivity contribution in [1.82, 2.24) is 5.32 Å². The number of rotatable bonds is 6. The molecule has 2 aromatic carbocycles. The molecule has 0 radical (unpaired) electrons. The van der Waals surface area contributed by atoms with Crippen LogP contribution in [-0.2, 0) is 5.41 Å². The van der Waals surface area contributed by atoms with Gasteiger partial charge in [0.2, 0.25) is 0 Å². The van der Waals surface area contributed by atoms with E-state index in [-0.39, 0.29) is 11.5 Å². The summed E-state index contributed by atoms with van der Waals surface area (Å²) in [6.07, 6.45) is 1.72. The molecule has 0 aromatic heterocycles. The van der Waals surface area contributed by atoms with Gasteiger partial charge in [0.05, 0.1) is 6.04 Å². The SMILES string of the molecule is C=CCOc1cccc(NC(=S)N[C@H](C)c2ccc(C(C)(C)C)cc2)c1. The van der Waals surface area contributed by atoms with Crippen LogP contribution in [0.2, 0.25) is 0 Å². The highest BCUT2D eigenvalue weighted by atomic mass is 32.1. The second-order valence-corrected chi connectivity index (χ2v) is 7.73. The molecule has 26 heavy (non-hydrogen) atoms. The van der Waals surface area contributed by atoms with Gasteiger partial charge < -0.3 is 15.4 Å². The molecule has 0 saturated carbocycles. The number of nitrogens with one attached hydrogen (secondary N) is 2. The maximum atomic E-state index is 5.54. The lowest BCUT2D eigenvalue weighted by molar-refractivity contribution is 0.363. The Morgan fingerprint density at radius 3 is 2.50 bits per heavy atom. The number of thiocarbonyl (C=S) groups is 1. The Balaban J connectivity index is 1.95. The van der Waals surface area contributed by atoms with Gasteiger partial charge in [0.15, 0.2) is 5.11 Å². The molecule has 2 N–H and O–H groups in total. The number of ether oxygens (including phenoxy) is 1. The van der Waals surface area contributed by atoms with E-state index >= 15 is 0 Å². The summed E-state index contributed by atoms with van der Waals surface area (Å²) < 4.78 is 5.54. The summed E-state index contributed by atoms with van der Waals surface area (Å²) in [5.74, 6) is 0.781. The van der Waals surface area contributed by atoms with Crippen LogP contribution in [0.1, 0.15) is 44.9 Å². The number of hydrogen-bond donors (Lipinski definition) is 2. The van der Waals surface area contributed by atoms with Gasteiger partial charge in [-0.05, 0) is 47.8 Å². The first kappa shape index (κ1) is 20.0. The molecule has 0 amide bonds. The molecular weight excluding hydrogens is 340 g/mol. The quantitative estimate of drug-likeness (QED) is 0.514. The van der Waals surface area contributed by atoms with Crippen LogP contribution in [0.3, 0.4) is 0 Å². The van der Waals surface area contributed by atoms with Gasteiger partial charge in [0.1, 0.15) is 12.4 Å². The van der Waals surface area contributed by atoms with E-state index in [1.807, 2.05) is 24.3 Å². The highest BCUT2D eigenvalue weighted by Crippen LogP contribution is 2.24. The zero-order valence-corrected chi connectivity index (χ0v) is 16.8. The van der Waals surface area contributed by atoms with Crippen LogP contribution in [0.25, 0.3) is 0 Å². The first-order valence-corrected chi connectivity index (χ1v) is 9.22. The molecule has 0 aliphatic heterocycles. The van der Waals surface area contributed by atoms with Crippen molar-refractivity contribution in [2.24, 2.45) is 0 Å². The highest BCUT2D eigenvalue weighted by Gasteiger charge is 2.14. The largest absolute Gasteiger partial charge is 0.489 e. The predicted octanol–water partition coefficient (Wildman–Crippen LogP) is 5.60. The highest BCUT2D eigenvalue weighted by molar-refractivity contribution is 7.80. The van der Waals surface area contributed by atoms with Gasteiger partial charge in [0, 0.05) is 11.8 Å². The van der Waals surface area contributed by atoms with Crippen molar-refractivity contribution >= 4 is 23.0 Å². The third kappa shape index (κ3) is 5.88. The Kier molecular flexibility index (Phi) is 6.81. The van der Waals surface area contributed by atoms with Crippen LogP contribution < -0.4 is 15.4 Å². The average molecular weight is 369 g/mol. The lowest BCUT2D eigenvalue weighted by Gasteiger charge is -2.21. The van der Waals surface area contributed by atoms with Crippen molar-refractivity contribution in [3.63, 3.8) is 0 Å². The fourth-order valence-corrected chi connectivity index (χ4v) is 2.83. The van der Waals surface area contributed by atoms with Crippen molar-refractivity contribution in [1.29, 1.82) is 0 Å². The molecule has 0 saturated heterocycles. The zero-order valence-electron chi connectivity index (χ0n) is 16.0. The molecule has 0 aliphatic carbocycles. The minimum absolute atomic E-state index is 0.115. The topological polar surface area (TPSA) is 33.3 Å². The first-order valence-electron chi connectivity index (χ1n) is 8.81. The molecular formula is C22H28N2OS. The molecule has 138 valence electrons. The second-order valence-electron chi connectivity index (χ2n) is 7.32. The van der Waals surface area contributed by atoms with Crippen LogP contribution in [0.5, 0.6) is 5.75 Å². The summed E-state index contributed by atoms with van der Waals surface area (Å²) >= 11 is 5.45. The molecule has 0 spiro atoms. The minimum Gasteiger partial charge on any atom is -0.489 e. The van der Waals surface area contributed by atoms with Gasteiger partial charge in [-0.3, -0.25) is 0 Å². The van der Waals surface area contributed by atoms with Crippen LogP contribution in [-0.4, -0.2) is 11.7 Å².